The lowest BCUT2D eigenvalue weighted by molar-refractivity contribution is -0.384. The lowest BCUT2D eigenvalue weighted by atomic mass is 10.1. The number of nitro benzene ring substituents is 1. The highest BCUT2D eigenvalue weighted by atomic mass is 16.6. The average Bonchev–Trinajstić information content (AvgIpc) is 2.18. The number of ether oxygens (including phenoxy) is 1. The number of carbonyl (C=O) groups excluding carboxylic acids is 1. The van der Waals surface area contributed by atoms with Crippen LogP contribution in [0.2, 0.25) is 0 Å². The number of hydrogen-bond acceptors (Lipinski definition) is 4. The quantitative estimate of drug-likeness (QED) is 0.579. The molecule has 1 aliphatic heterocycles. The number of non-ortho nitro benzene ring substituents is 1. The summed E-state index contributed by atoms with van der Waals surface area (Å²) >= 11 is 0. The first kappa shape index (κ1) is 10.4. The number of nitro groups is 1. The fourth-order valence-corrected chi connectivity index (χ4v) is 1.41. The summed E-state index contributed by atoms with van der Waals surface area (Å²) < 4.78 is 5.41. The second-order valence-electron chi connectivity index (χ2n) is 4.00. The molecule has 0 saturated carbocycles. The molecule has 1 aromatic carbocycles. The highest BCUT2D eigenvalue weighted by Gasteiger charge is 2.35. The standard InChI is InChI=1S/C10H10N2O4/c1-10(2)9(13)11-7-4-3-6(12(14)15)5-8(7)16-10/h3-5H,1-2H3,(H,11,13). The zero-order valence-corrected chi connectivity index (χ0v) is 8.81. The average molecular weight is 222 g/mol. The van der Waals surface area contributed by atoms with Crippen molar-refractivity contribution in [3.05, 3.63) is 28.3 Å². The van der Waals surface area contributed by atoms with Gasteiger partial charge in [-0.05, 0) is 19.9 Å². The lowest BCUT2D eigenvalue weighted by Gasteiger charge is -2.31. The summed E-state index contributed by atoms with van der Waals surface area (Å²) in [4.78, 5) is 21.6. The van der Waals surface area contributed by atoms with E-state index < -0.39 is 10.5 Å². The number of fused-ring (bicyclic) bond motifs is 1. The second kappa shape index (κ2) is 3.19. The van der Waals surface area contributed by atoms with E-state index in [1.54, 1.807) is 13.8 Å². The summed E-state index contributed by atoms with van der Waals surface area (Å²) in [6, 6.07) is 4.08. The molecule has 16 heavy (non-hydrogen) atoms. The van der Waals surface area contributed by atoms with Gasteiger partial charge in [0.05, 0.1) is 16.7 Å². The van der Waals surface area contributed by atoms with Gasteiger partial charge in [0.25, 0.3) is 11.6 Å². The minimum atomic E-state index is -1.01. The maximum atomic E-state index is 11.5. The van der Waals surface area contributed by atoms with E-state index in [2.05, 4.69) is 5.32 Å². The van der Waals surface area contributed by atoms with Gasteiger partial charge in [0.1, 0.15) is 0 Å². The largest absolute Gasteiger partial charge is 0.476 e. The normalized spacial score (nSPS) is 17.0. The van der Waals surface area contributed by atoms with Crippen LogP contribution in [-0.2, 0) is 4.79 Å². The zero-order valence-electron chi connectivity index (χ0n) is 8.81. The van der Waals surface area contributed by atoms with E-state index in [1.165, 1.54) is 18.2 Å². The molecule has 0 bridgehead atoms. The van der Waals surface area contributed by atoms with Crippen LogP contribution in [0, 0.1) is 10.1 Å². The predicted octanol–water partition coefficient (Wildman–Crippen LogP) is 1.70. The second-order valence-corrected chi connectivity index (χ2v) is 4.00. The summed E-state index contributed by atoms with van der Waals surface area (Å²) in [7, 11) is 0. The number of nitrogens with zero attached hydrogens (tertiary/aromatic N) is 1. The summed E-state index contributed by atoms with van der Waals surface area (Å²) in [6.07, 6.45) is 0. The SMILES string of the molecule is CC1(C)Oc2cc([N+](=O)[O-])ccc2NC1=O. The Bertz CT molecular complexity index is 482. The van der Waals surface area contributed by atoms with Gasteiger partial charge in [-0.25, -0.2) is 0 Å². The van der Waals surface area contributed by atoms with Crippen LogP contribution in [0.1, 0.15) is 13.8 Å². The molecule has 1 heterocycles. The number of nitrogens with one attached hydrogen (secondary N) is 1. The van der Waals surface area contributed by atoms with Crippen LogP contribution >= 0.6 is 0 Å². The van der Waals surface area contributed by atoms with Gasteiger partial charge in [0, 0.05) is 6.07 Å². The minimum Gasteiger partial charge on any atom is -0.476 e. The molecular weight excluding hydrogens is 212 g/mol. The van der Waals surface area contributed by atoms with Crippen LogP contribution in [0.4, 0.5) is 11.4 Å². The third kappa shape index (κ3) is 1.58. The Morgan fingerprint density at radius 3 is 2.75 bits per heavy atom. The molecule has 1 aliphatic rings. The molecule has 0 unspecified atom stereocenters. The monoisotopic (exact) mass is 222 g/mol. The van der Waals surface area contributed by atoms with Crippen molar-refractivity contribution >= 4 is 17.3 Å². The molecule has 84 valence electrons. The van der Waals surface area contributed by atoms with Crippen molar-refractivity contribution in [3.8, 4) is 5.75 Å². The Morgan fingerprint density at radius 2 is 2.12 bits per heavy atom. The number of amides is 1. The number of anilines is 1. The van der Waals surface area contributed by atoms with E-state index in [-0.39, 0.29) is 11.6 Å². The van der Waals surface area contributed by atoms with Gasteiger partial charge in [0.15, 0.2) is 11.4 Å². The van der Waals surface area contributed by atoms with E-state index >= 15 is 0 Å². The van der Waals surface area contributed by atoms with Crippen LogP contribution in [0.25, 0.3) is 0 Å². The van der Waals surface area contributed by atoms with Gasteiger partial charge < -0.3 is 10.1 Å². The summed E-state index contributed by atoms with van der Waals surface area (Å²) in [6.45, 7) is 3.20. The fourth-order valence-electron chi connectivity index (χ4n) is 1.41. The summed E-state index contributed by atoms with van der Waals surface area (Å²) in [5.74, 6) is 0.0488. The lowest BCUT2D eigenvalue weighted by Crippen LogP contribution is -2.45. The Labute approximate surface area is 91.4 Å². The molecule has 0 spiro atoms. The smallest absolute Gasteiger partial charge is 0.273 e. The third-order valence-corrected chi connectivity index (χ3v) is 2.34. The van der Waals surface area contributed by atoms with Crippen LogP contribution in [0.3, 0.4) is 0 Å². The topological polar surface area (TPSA) is 81.5 Å². The molecule has 6 nitrogen and oxygen atoms in total. The Morgan fingerprint density at radius 1 is 1.44 bits per heavy atom. The van der Waals surface area contributed by atoms with Gasteiger partial charge in [-0.2, -0.15) is 0 Å². The van der Waals surface area contributed by atoms with Gasteiger partial charge >= 0.3 is 0 Å². The first-order chi connectivity index (χ1) is 7.40. The van der Waals surface area contributed by atoms with Crippen molar-refractivity contribution in [2.75, 3.05) is 5.32 Å². The van der Waals surface area contributed by atoms with Gasteiger partial charge in [-0.1, -0.05) is 0 Å². The van der Waals surface area contributed by atoms with E-state index in [4.69, 9.17) is 4.74 Å². The molecule has 6 heteroatoms. The van der Waals surface area contributed by atoms with Crippen molar-refractivity contribution in [1.29, 1.82) is 0 Å². The van der Waals surface area contributed by atoms with Crippen molar-refractivity contribution in [3.63, 3.8) is 0 Å². The maximum absolute atomic E-state index is 11.5. The fraction of sp³-hybridized carbons (Fsp3) is 0.300. The van der Waals surface area contributed by atoms with Crippen molar-refractivity contribution < 1.29 is 14.5 Å². The van der Waals surface area contributed by atoms with Gasteiger partial charge in [-0.15, -0.1) is 0 Å². The van der Waals surface area contributed by atoms with Crippen molar-refractivity contribution in [1.82, 2.24) is 0 Å². The summed E-state index contributed by atoms with van der Waals surface area (Å²) in [5.41, 5.74) is -0.622. The summed E-state index contributed by atoms with van der Waals surface area (Å²) in [5, 5.41) is 13.2. The van der Waals surface area contributed by atoms with E-state index in [0.717, 1.165) is 0 Å². The van der Waals surface area contributed by atoms with Gasteiger partial charge in [0.2, 0.25) is 0 Å². The van der Waals surface area contributed by atoms with Crippen molar-refractivity contribution in [2.24, 2.45) is 0 Å². The van der Waals surface area contributed by atoms with Gasteiger partial charge in [-0.3, -0.25) is 14.9 Å². The Kier molecular flexibility index (Phi) is 2.08. The third-order valence-electron chi connectivity index (χ3n) is 2.34. The molecule has 1 aromatic rings. The van der Waals surface area contributed by atoms with Crippen LogP contribution in [0.15, 0.2) is 18.2 Å². The van der Waals surface area contributed by atoms with E-state index in [0.29, 0.717) is 11.4 Å². The first-order valence-corrected chi connectivity index (χ1v) is 4.69. The Hall–Kier alpha value is -2.11. The molecule has 0 aliphatic carbocycles. The molecule has 0 radical (unpaired) electrons. The number of rotatable bonds is 1. The zero-order chi connectivity index (χ0) is 11.9. The first-order valence-electron chi connectivity index (χ1n) is 4.69. The molecule has 2 rings (SSSR count). The number of hydrogen-bond donors (Lipinski definition) is 1. The van der Waals surface area contributed by atoms with E-state index in [9.17, 15) is 14.9 Å². The number of carbonyl (C=O) groups is 1. The Balaban J connectivity index is 2.45. The number of benzene rings is 1. The molecule has 0 fully saturated rings. The molecule has 1 amide bonds. The van der Waals surface area contributed by atoms with Crippen LogP contribution in [0.5, 0.6) is 5.75 Å². The molecule has 1 N–H and O–H groups in total. The maximum Gasteiger partial charge on any atom is 0.273 e. The van der Waals surface area contributed by atoms with E-state index in [1.807, 2.05) is 0 Å². The predicted molar refractivity (Wildman–Crippen MR) is 56.4 cm³/mol. The van der Waals surface area contributed by atoms with Crippen LogP contribution < -0.4 is 10.1 Å². The van der Waals surface area contributed by atoms with Crippen molar-refractivity contribution in [2.45, 2.75) is 19.4 Å². The highest BCUT2D eigenvalue weighted by molar-refractivity contribution is 6.00. The molecule has 0 atom stereocenters. The van der Waals surface area contributed by atoms with Crippen LogP contribution in [-0.4, -0.2) is 16.4 Å². The minimum absolute atomic E-state index is 0.0642. The molecular formula is C10H10N2O4. The highest BCUT2D eigenvalue weighted by Crippen LogP contribution is 2.35. The molecule has 0 aromatic heterocycles. The molecule has 0 saturated heterocycles.